The Bertz CT molecular complexity index is 2060. The number of piperazine rings is 1. The number of fused-ring (bicyclic) bond motifs is 3. The lowest BCUT2D eigenvalue weighted by Crippen LogP contribution is -2.66. The Morgan fingerprint density at radius 2 is 1.96 bits per heavy atom. The number of rotatable bonds is 9. The average molecular weight is 653 g/mol. The van der Waals surface area contributed by atoms with Crippen molar-refractivity contribution in [1.29, 1.82) is 0 Å². The average Bonchev–Trinajstić information content (AvgIpc) is 3.74. The van der Waals surface area contributed by atoms with Gasteiger partial charge in [-0.25, -0.2) is 14.6 Å². The second kappa shape index (κ2) is 12.4. The summed E-state index contributed by atoms with van der Waals surface area (Å²) in [5.74, 6) is -1.09. The second-order valence-corrected chi connectivity index (χ2v) is 12.6. The highest BCUT2D eigenvalue weighted by Gasteiger charge is 2.52. The lowest BCUT2D eigenvalue weighted by Gasteiger charge is -2.46. The fourth-order valence-electron chi connectivity index (χ4n) is 6.38. The monoisotopic (exact) mass is 652 g/mol. The third kappa shape index (κ3) is 5.84. The van der Waals surface area contributed by atoms with E-state index in [2.05, 4.69) is 21.9 Å². The van der Waals surface area contributed by atoms with Crippen LogP contribution in [0.3, 0.4) is 0 Å². The molecule has 7 rings (SSSR count). The van der Waals surface area contributed by atoms with Gasteiger partial charge < -0.3 is 25.3 Å². The maximum absolute atomic E-state index is 14.3. The summed E-state index contributed by atoms with van der Waals surface area (Å²) in [6.45, 7) is 4.59. The lowest BCUT2D eigenvalue weighted by atomic mass is 9.99. The molecule has 47 heavy (non-hydrogen) atoms. The van der Waals surface area contributed by atoms with Crippen LogP contribution < -0.4 is 16.8 Å². The lowest BCUT2D eigenvalue weighted by molar-refractivity contribution is -0.157. The van der Waals surface area contributed by atoms with Gasteiger partial charge in [-0.3, -0.25) is 19.6 Å². The smallest absolute Gasteiger partial charge is 0.408 e. The Kier molecular flexibility index (Phi) is 7.95. The minimum absolute atomic E-state index is 0.0984. The number of benzene rings is 3. The molecule has 13 nitrogen and oxygen atoms in total. The number of nitrogens with zero attached hydrogens (tertiary/aromatic N) is 5. The van der Waals surface area contributed by atoms with E-state index in [0.29, 0.717) is 28.3 Å². The number of amides is 4. The number of para-hydroxylation sites is 1. The van der Waals surface area contributed by atoms with Gasteiger partial charge in [0.2, 0.25) is 11.8 Å². The number of nitrogen functional groups attached to an aromatic ring is 1. The first-order chi connectivity index (χ1) is 22.8. The van der Waals surface area contributed by atoms with Crippen molar-refractivity contribution in [3.63, 3.8) is 0 Å². The van der Waals surface area contributed by atoms with Gasteiger partial charge in [-0.15, -0.1) is 6.58 Å². The number of aromatic amines is 1. The summed E-state index contributed by atoms with van der Waals surface area (Å²) in [6, 6.07) is 19.2. The molecule has 2 aromatic heterocycles. The number of nitrogens with two attached hydrogens (primary N) is 1. The Morgan fingerprint density at radius 1 is 1.13 bits per heavy atom. The van der Waals surface area contributed by atoms with E-state index in [0.717, 1.165) is 21.3 Å². The molecule has 5 aromatic rings. The maximum Gasteiger partial charge on any atom is 0.417 e. The molecule has 0 spiro atoms. The van der Waals surface area contributed by atoms with Crippen molar-refractivity contribution in [2.45, 2.75) is 31.7 Å². The van der Waals surface area contributed by atoms with E-state index in [1.165, 1.54) is 16.3 Å². The highest BCUT2D eigenvalue weighted by Crippen LogP contribution is 2.32. The van der Waals surface area contributed by atoms with Gasteiger partial charge in [0.1, 0.15) is 12.2 Å². The van der Waals surface area contributed by atoms with Gasteiger partial charge in [-0.05, 0) is 34.9 Å². The summed E-state index contributed by atoms with van der Waals surface area (Å²) >= 11 is 1.37. The van der Waals surface area contributed by atoms with Crippen LogP contribution in [0.5, 0.6) is 0 Å². The van der Waals surface area contributed by atoms with Crippen LogP contribution >= 0.6 is 11.3 Å². The summed E-state index contributed by atoms with van der Waals surface area (Å²) in [6.07, 6.45) is 1.14. The quantitative estimate of drug-likeness (QED) is 0.205. The molecule has 4 N–H and O–H groups in total. The van der Waals surface area contributed by atoms with Crippen molar-refractivity contribution in [3.8, 4) is 0 Å². The molecule has 2 fully saturated rings. The number of thiazole rings is 1. The van der Waals surface area contributed by atoms with E-state index in [4.69, 9.17) is 10.2 Å². The Labute approximate surface area is 272 Å². The number of aromatic nitrogens is 2. The first-order valence-electron chi connectivity index (χ1n) is 15.1. The topological polar surface area (TPSA) is 161 Å². The number of H-pyrrole nitrogens is 1. The number of carbonyl (C=O) groups is 3. The summed E-state index contributed by atoms with van der Waals surface area (Å²) < 4.78 is 6.17. The predicted molar refractivity (Wildman–Crippen MR) is 177 cm³/mol. The number of hydrogen-bond acceptors (Lipinski definition) is 9. The summed E-state index contributed by atoms with van der Waals surface area (Å²) in [5, 5.41) is 6.58. The SMILES string of the molecule is C=CCN(C(=O)NCc1ccccc1)N1CC(=O)N2[C@@H](Cc3ccc4[nH]c(=O)oc4c3)C(=O)N(Cc3cccc4sc(N)nc34)C[C@@H]21. The molecule has 240 valence electrons. The summed E-state index contributed by atoms with van der Waals surface area (Å²) in [7, 11) is 0. The molecule has 0 radical (unpaired) electrons. The molecule has 2 aliphatic rings. The third-order valence-corrected chi connectivity index (χ3v) is 9.34. The molecule has 0 bridgehead atoms. The zero-order valence-corrected chi connectivity index (χ0v) is 26.1. The maximum atomic E-state index is 14.3. The van der Waals surface area contributed by atoms with Gasteiger partial charge in [0, 0.05) is 19.5 Å². The molecular formula is C33H32N8O5S. The molecular weight excluding hydrogens is 620 g/mol. The van der Waals surface area contributed by atoms with Gasteiger partial charge in [0.15, 0.2) is 10.7 Å². The molecule has 2 atom stereocenters. The van der Waals surface area contributed by atoms with Crippen molar-refractivity contribution in [2.75, 3.05) is 25.4 Å². The van der Waals surface area contributed by atoms with E-state index >= 15 is 0 Å². The fourth-order valence-corrected chi connectivity index (χ4v) is 7.16. The van der Waals surface area contributed by atoms with Crippen molar-refractivity contribution in [1.82, 2.24) is 35.1 Å². The molecule has 3 aromatic carbocycles. The number of urea groups is 1. The second-order valence-electron chi connectivity index (χ2n) is 11.5. The Morgan fingerprint density at radius 3 is 2.77 bits per heavy atom. The highest BCUT2D eigenvalue weighted by atomic mass is 32.1. The van der Waals surface area contributed by atoms with Crippen LogP contribution in [0, 0.1) is 0 Å². The molecule has 0 aliphatic carbocycles. The molecule has 0 saturated carbocycles. The van der Waals surface area contributed by atoms with Crippen molar-refractivity contribution in [2.24, 2.45) is 0 Å². The molecule has 4 heterocycles. The molecule has 4 amide bonds. The number of hydrogen-bond donors (Lipinski definition) is 3. The van der Waals surface area contributed by atoms with Crippen LogP contribution in [0.2, 0.25) is 0 Å². The molecule has 2 saturated heterocycles. The standard InChI is InChI=1S/C33H32N8O5S/c1-2-13-39(32(44)35-16-20-7-4-3-5-8-20)40-19-28(42)41-24(14-21-11-12-23-25(15-21)46-33(45)36-23)30(43)38(18-27(40)41)17-22-9-6-10-26-29(22)37-31(34)47-26/h2-12,15,24,27H,1,13-14,16-19H2,(H2,34,37)(H,35,44)(H,36,45)/t24-,27+/m0/s1. The van der Waals surface area contributed by atoms with Crippen molar-refractivity contribution >= 4 is 55.6 Å². The Hall–Kier alpha value is -5.47. The summed E-state index contributed by atoms with van der Waals surface area (Å²) in [5.41, 5.74) is 10.1. The largest absolute Gasteiger partial charge is 0.417 e. The number of nitrogens with one attached hydrogen (secondary N) is 2. The van der Waals surface area contributed by atoms with Crippen LogP contribution in [0.1, 0.15) is 16.7 Å². The number of anilines is 1. The minimum atomic E-state index is -0.882. The van der Waals surface area contributed by atoms with Crippen LogP contribution in [0.25, 0.3) is 21.3 Å². The Balaban J connectivity index is 1.22. The first kappa shape index (κ1) is 30.2. The fraction of sp³-hybridized carbons (Fsp3) is 0.242. The van der Waals surface area contributed by atoms with Gasteiger partial charge in [-0.1, -0.05) is 65.9 Å². The van der Waals surface area contributed by atoms with Crippen molar-refractivity contribution in [3.05, 3.63) is 107 Å². The third-order valence-electron chi connectivity index (χ3n) is 8.49. The van der Waals surface area contributed by atoms with E-state index < -0.39 is 18.0 Å². The van der Waals surface area contributed by atoms with Crippen LogP contribution in [-0.4, -0.2) is 79.5 Å². The minimum Gasteiger partial charge on any atom is -0.408 e. The van der Waals surface area contributed by atoms with Crippen LogP contribution in [0.4, 0.5) is 9.93 Å². The van der Waals surface area contributed by atoms with Gasteiger partial charge >= 0.3 is 11.8 Å². The predicted octanol–water partition coefficient (Wildman–Crippen LogP) is 3.05. The van der Waals surface area contributed by atoms with Crippen LogP contribution in [0.15, 0.2) is 88.6 Å². The zero-order valence-electron chi connectivity index (χ0n) is 25.3. The molecule has 2 aliphatic heterocycles. The van der Waals surface area contributed by atoms with Gasteiger partial charge in [0.05, 0.1) is 35.4 Å². The number of oxazole rings is 1. The normalized spacial score (nSPS) is 18.2. The van der Waals surface area contributed by atoms with Crippen LogP contribution in [-0.2, 0) is 29.1 Å². The first-order valence-corrected chi connectivity index (χ1v) is 15.9. The number of carbonyl (C=O) groups excluding carboxylic acids is 3. The van der Waals surface area contributed by atoms with Crippen molar-refractivity contribution < 1.29 is 18.8 Å². The molecule has 0 unspecified atom stereocenters. The van der Waals surface area contributed by atoms with E-state index in [-0.39, 0.29) is 50.4 Å². The summed E-state index contributed by atoms with van der Waals surface area (Å²) in [4.78, 5) is 63.9. The van der Waals surface area contributed by atoms with Gasteiger partial charge in [-0.2, -0.15) is 5.01 Å². The van der Waals surface area contributed by atoms with Gasteiger partial charge in [0.25, 0.3) is 0 Å². The van der Waals surface area contributed by atoms with E-state index in [9.17, 15) is 19.2 Å². The van der Waals surface area contributed by atoms with E-state index in [1.54, 1.807) is 39.1 Å². The highest BCUT2D eigenvalue weighted by molar-refractivity contribution is 7.22. The van der Waals surface area contributed by atoms with E-state index in [1.807, 2.05) is 48.5 Å². The number of hydrazine groups is 1. The molecule has 14 heteroatoms. The zero-order chi connectivity index (χ0) is 32.7.